The van der Waals surface area contributed by atoms with Gasteiger partial charge in [0.05, 0.1) is 18.8 Å². The van der Waals surface area contributed by atoms with Crippen LogP contribution in [-0.4, -0.2) is 35.2 Å². The van der Waals surface area contributed by atoms with Gasteiger partial charge in [-0.05, 0) is 81.2 Å². The van der Waals surface area contributed by atoms with Crippen LogP contribution in [0.5, 0.6) is 17.2 Å². The molecule has 2 rings (SSSR count). The average Bonchev–Trinajstić information content (AvgIpc) is 2.80. The molecule has 0 saturated heterocycles. The van der Waals surface area contributed by atoms with Crippen LogP contribution in [0, 0.1) is 0 Å². The number of carboxylic acid groups (broad SMARTS) is 1. The van der Waals surface area contributed by atoms with E-state index in [4.69, 9.17) is 14.6 Å². The minimum absolute atomic E-state index is 0.0240. The predicted octanol–water partition coefficient (Wildman–Crippen LogP) is 6.36. The Balaban J connectivity index is 1.63. The van der Waals surface area contributed by atoms with E-state index in [1.807, 2.05) is 19.1 Å². The highest BCUT2D eigenvalue weighted by Gasteiger charge is 2.12. The molecule has 0 amide bonds. The second-order valence-electron chi connectivity index (χ2n) is 8.60. The van der Waals surface area contributed by atoms with Gasteiger partial charge in [-0.1, -0.05) is 31.9 Å². The minimum atomic E-state index is -0.743. The van der Waals surface area contributed by atoms with E-state index in [0.717, 1.165) is 62.7 Å². The summed E-state index contributed by atoms with van der Waals surface area (Å²) in [5.41, 5.74) is 2.54. The fraction of sp³-hybridized carbons (Fsp3) is 0.500. The number of ether oxygens (including phenoxy) is 2. The number of aromatic hydroxyl groups is 1. The first-order valence-electron chi connectivity index (χ1n) is 12.3. The zero-order valence-electron chi connectivity index (χ0n) is 20.5. The molecule has 0 saturated carbocycles. The van der Waals surface area contributed by atoms with E-state index >= 15 is 0 Å². The number of carbonyl (C=O) groups is 2. The lowest BCUT2D eigenvalue weighted by atomic mass is 10.0. The molecule has 186 valence electrons. The summed E-state index contributed by atoms with van der Waals surface area (Å²) in [6, 6.07) is 11.5. The van der Waals surface area contributed by atoms with Crippen molar-refractivity contribution in [1.29, 1.82) is 0 Å². The van der Waals surface area contributed by atoms with Gasteiger partial charge in [0.15, 0.2) is 5.78 Å². The highest BCUT2D eigenvalue weighted by atomic mass is 16.5. The number of ketones is 1. The van der Waals surface area contributed by atoms with E-state index in [2.05, 4.69) is 12.1 Å². The molecule has 0 atom stereocenters. The van der Waals surface area contributed by atoms with Crippen LogP contribution in [0.3, 0.4) is 0 Å². The molecule has 0 heterocycles. The maximum Gasteiger partial charge on any atom is 0.303 e. The van der Waals surface area contributed by atoms with Crippen molar-refractivity contribution in [2.24, 2.45) is 0 Å². The number of aliphatic carboxylic acids is 1. The van der Waals surface area contributed by atoms with Crippen molar-refractivity contribution < 1.29 is 29.3 Å². The maximum absolute atomic E-state index is 11.6. The molecule has 6 heteroatoms. The molecule has 0 aliphatic rings. The van der Waals surface area contributed by atoms with E-state index in [0.29, 0.717) is 30.9 Å². The Kier molecular flexibility index (Phi) is 12.0. The number of rotatable bonds is 17. The SMILES string of the molecule is CCc1cc(C(C)=O)c(O)cc1OCCCCCCc1cccc(OCCCCCC(=O)O)c1. The third kappa shape index (κ3) is 9.86. The third-order valence-electron chi connectivity index (χ3n) is 5.76. The Morgan fingerprint density at radius 3 is 2.29 bits per heavy atom. The van der Waals surface area contributed by atoms with Gasteiger partial charge in [0.1, 0.15) is 17.2 Å². The summed E-state index contributed by atoms with van der Waals surface area (Å²) in [4.78, 5) is 22.1. The van der Waals surface area contributed by atoms with Crippen LogP contribution >= 0.6 is 0 Å². The lowest BCUT2D eigenvalue weighted by Crippen LogP contribution is -2.02. The monoisotopic (exact) mass is 470 g/mol. The smallest absolute Gasteiger partial charge is 0.303 e. The van der Waals surface area contributed by atoms with Crippen LogP contribution in [0.2, 0.25) is 0 Å². The van der Waals surface area contributed by atoms with Gasteiger partial charge >= 0.3 is 5.97 Å². The number of carboxylic acids is 1. The summed E-state index contributed by atoms with van der Waals surface area (Å²) in [6.07, 6.45) is 8.56. The standard InChI is InChI=1S/C28H38O6/c1-3-23-19-25(21(2)29)26(30)20-27(23)34-17-9-5-4-7-12-22-13-11-14-24(18-22)33-16-10-6-8-15-28(31)32/h11,13-14,18-20,30H,3-10,12,15-17H2,1-2H3,(H,31,32). The van der Waals surface area contributed by atoms with Gasteiger partial charge in [-0.15, -0.1) is 0 Å². The normalized spacial score (nSPS) is 10.8. The van der Waals surface area contributed by atoms with E-state index in [-0.39, 0.29) is 18.0 Å². The van der Waals surface area contributed by atoms with E-state index in [1.54, 1.807) is 12.1 Å². The fourth-order valence-corrected chi connectivity index (χ4v) is 3.81. The Bertz CT molecular complexity index is 921. The number of carbonyl (C=O) groups excluding carboxylic acids is 1. The molecule has 34 heavy (non-hydrogen) atoms. The molecule has 0 spiro atoms. The Labute approximate surface area is 202 Å². The predicted molar refractivity (Wildman–Crippen MR) is 133 cm³/mol. The molecule has 2 aromatic carbocycles. The molecule has 0 aliphatic carbocycles. The summed E-state index contributed by atoms with van der Waals surface area (Å²) in [6.45, 7) is 4.65. The lowest BCUT2D eigenvalue weighted by molar-refractivity contribution is -0.137. The molecule has 0 radical (unpaired) electrons. The van der Waals surface area contributed by atoms with E-state index < -0.39 is 5.97 Å². The lowest BCUT2D eigenvalue weighted by Gasteiger charge is -2.13. The molecule has 0 unspecified atom stereocenters. The topological polar surface area (TPSA) is 93.1 Å². The van der Waals surface area contributed by atoms with Crippen LogP contribution in [0.4, 0.5) is 0 Å². The quantitative estimate of drug-likeness (QED) is 0.206. The summed E-state index contributed by atoms with van der Waals surface area (Å²) in [5, 5.41) is 18.7. The zero-order chi connectivity index (χ0) is 24.8. The van der Waals surface area contributed by atoms with Gasteiger partial charge in [-0.3, -0.25) is 9.59 Å². The Morgan fingerprint density at radius 2 is 1.59 bits per heavy atom. The van der Waals surface area contributed by atoms with Crippen molar-refractivity contribution >= 4 is 11.8 Å². The first-order valence-corrected chi connectivity index (χ1v) is 12.3. The molecule has 0 aromatic heterocycles. The van der Waals surface area contributed by atoms with Crippen molar-refractivity contribution in [1.82, 2.24) is 0 Å². The van der Waals surface area contributed by atoms with Gasteiger partial charge in [0.25, 0.3) is 0 Å². The van der Waals surface area contributed by atoms with Crippen molar-refractivity contribution in [3.8, 4) is 17.2 Å². The van der Waals surface area contributed by atoms with Crippen LogP contribution < -0.4 is 9.47 Å². The maximum atomic E-state index is 11.6. The molecule has 2 aromatic rings. The van der Waals surface area contributed by atoms with Gasteiger partial charge in [0, 0.05) is 12.5 Å². The minimum Gasteiger partial charge on any atom is -0.507 e. The van der Waals surface area contributed by atoms with Gasteiger partial charge in [-0.2, -0.15) is 0 Å². The first kappa shape index (κ1) is 27.2. The molecule has 0 fully saturated rings. The first-order chi connectivity index (χ1) is 16.4. The summed E-state index contributed by atoms with van der Waals surface area (Å²) < 4.78 is 11.7. The summed E-state index contributed by atoms with van der Waals surface area (Å²) in [5.74, 6) is 0.610. The van der Waals surface area contributed by atoms with E-state index in [1.165, 1.54) is 12.5 Å². The number of Topliss-reactive ketones (excluding diaryl/α,β-unsaturated/α-hetero) is 1. The Hall–Kier alpha value is -3.02. The molecule has 6 nitrogen and oxygen atoms in total. The van der Waals surface area contributed by atoms with E-state index in [9.17, 15) is 14.7 Å². The fourth-order valence-electron chi connectivity index (χ4n) is 3.81. The number of aryl methyl sites for hydroxylation is 2. The highest BCUT2D eigenvalue weighted by Crippen LogP contribution is 2.29. The van der Waals surface area contributed by atoms with Crippen molar-refractivity contribution in [2.75, 3.05) is 13.2 Å². The van der Waals surface area contributed by atoms with Gasteiger partial charge in [-0.25, -0.2) is 0 Å². The van der Waals surface area contributed by atoms with Crippen molar-refractivity contribution in [3.05, 3.63) is 53.1 Å². The molecule has 0 aliphatic heterocycles. The summed E-state index contributed by atoms with van der Waals surface area (Å²) >= 11 is 0. The molecular formula is C28H38O6. The number of benzene rings is 2. The summed E-state index contributed by atoms with van der Waals surface area (Å²) in [7, 11) is 0. The third-order valence-corrected chi connectivity index (χ3v) is 5.76. The molecule has 2 N–H and O–H groups in total. The Morgan fingerprint density at radius 1 is 0.882 bits per heavy atom. The van der Waals surface area contributed by atoms with Crippen LogP contribution in [0.15, 0.2) is 36.4 Å². The zero-order valence-corrected chi connectivity index (χ0v) is 20.5. The second-order valence-corrected chi connectivity index (χ2v) is 8.60. The number of hydrogen-bond donors (Lipinski definition) is 2. The van der Waals surface area contributed by atoms with Crippen LogP contribution in [0.1, 0.15) is 86.7 Å². The van der Waals surface area contributed by atoms with Crippen LogP contribution in [0.25, 0.3) is 0 Å². The highest BCUT2D eigenvalue weighted by molar-refractivity contribution is 5.97. The van der Waals surface area contributed by atoms with Gasteiger partial charge < -0.3 is 19.7 Å². The number of unbranched alkanes of at least 4 members (excludes halogenated alkanes) is 5. The number of phenols is 1. The second kappa shape index (κ2) is 15.0. The largest absolute Gasteiger partial charge is 0.507 e. The molecular weight excluding hydrogens is 432 g/mol. The number of hydrogen-bond acceptors (Lipinski definition) is 5. The average molecular weight is 471 g/mol. The number of phenolic OH excluding ortho intramolecular Hbond substituents is 1. The molecule has 0 bridgehead atoms. The van der Waals surface area contributed by atoms with Gasteiger partial charge in [0.2, 0.25) is 0 Å². The van der Waals surface area contributed by atoms with Crippen LogP contribution in [-0.2, 0) is 17.6 Å². The van der Waals surface area contributed by atoms with Crippen molar-refractivity contribution in [2.45, 2.75) is 78.1 Å². The van der Waals surface area contributed by atoms with Crippen molar-refractivity contribution in [3.63, 3.8) is 0 Å².